The summed E-state index contributed by atoms with van der Waals surface area (Å²) in [6.07, 6.45) is -3.11. The van der Waals surface area contributed by atoms with E-state index in [2.05, 4.69) is 33.4 Å². The minimum Gasteiger partial charge on any atom is -0.459 e. The Morgan fingerprint density at radius 1 is 1.09 bits per heavy atom. The first-order chi connectivity index (χ1) is 26.3. The number of carbonyl (C=O) groups is 1. The molecule has 0 spiro atoms. The molecular formula is C43H74N4O9. The molecule has 3 heterocycles. The fraction of sp³-hybridized carbons (Fsp3) is 0.814. The van der Waals surface area contributed by atoms with Crippen molar-refractivity contribution in [3.63, 3.8) is 0 Å². The van der Waals surface area contributed by atoms with Crippen molar-refractivity contribution in [3.8, 4) is 0 Å². The molecule has 0 radical (unpaired) electrons. The predicted octanol–water partition coefficient (Wildman–Crippen LogP) is 1.85. The number of esters is 1. The Kier molecular flexibility index (Phi) is 16.9. The summed E-state index contributed by atoms with van der Waals surface area (Å²) in [6, 6.07) is 7.73. The Balaban J connectivity index is 1.56. The molecule has 3 aliphatic heterocycles. The van der Waals surface area contributed by atoms with Crippen LogP contribution in [0, 0.1) is 17.8 Å². The van der Waals surface area contributed by atoms with E-state index in [0.717, 1.165) is 44.3 Å². The number of aliphatic hydroxyl groups excluding tert-OH is 2. The van der Waals surface area contributed by atoms with Gasteiger partial charge in [-0.05, 0) is 112 Å². The normalized spacial score (nSPS) is 39.6. The van der Waals surface area contributed by atoms with Crippen molar-refractivity contribution < 1.29 is 44.2 Å². The van der Waals surface area contributed by atoms with Gasteiger partial charge in [0.2, 0.25) is 0 Å². The molecule has 13 nitrogen and oxygen atoms in total. The lowest BCUT2D eigenvalue weighted by atomic mass is 9.78. The van der Waals surface area contributed by atoms with Crippen LogP contribution in [0.1, 0.15) is 87.5 Å². The third-order valence-corrected chi connectivity index (χ3v) is 12.6. The van der Waals surface area contributed by atoms with E-state index < -0.39 is 71.9 Å². The topological polar surface area (TPSA) is 166 Å². The molecular weight excluding hydrogens is 716 g/mol. The summed E-state index contributed by atoms with van der Waals surface area (Å²) in [4.78, 5) is 22.3. The molecule has 4 rings (SSSR count). The highest BCUT2D eigenvalue weighted by Gasteiger charge is 2.50. The van der Waals surface area contributed by atoms with Gasteiger partial charge in [-0.3, -0.25) is 9.79 Å². The standard InChI is InChI=1S/C43H74N4O9/c1-12-35-43(8,52)38(49)30(6)47(11)25-26(2)23-42(7,51)39(28(4)36(48)29(5)40(50)55-35)56-41-37(34(46(9)10)22-27(3)54-41)53-21-15-19-44-24-31-18-20-45-33-17-14-13-16-32(31)33/h13-14,16-17,26-30,34-39,41,44,48-49,51-52H,12,15,18-25H2,1-11H3/t26-,27?,28+,29-,30-,34+,35-,36+,37-,38-,39-,41+,42-,43-/m1/s1. The van der Waals surface area contributed by atoms with E-state index in [1.807, 2.05) is 52.9 Å². The van der Waals surface area contributed by atoms with Crippen LogP contribution in [0.2, 0.25) is 0 Å². The smallest absolute Gasteiger partial charge is 0.311 e. The van der Waals surface area contributed by atoms with Crippen LogP contribution >= 0.6 is 0 Å². The molecule has 1 aromatic carbocycles. The fourth-order valence-electron chi connectivity index (χ4n) is 9.10. The van der Waals surface area contributed by atoms with Gasteiger partial charge in [-0.2, -0.15) is 0 Å². The van der Waals surface area contributed by atoms with Crippen LogP contribution in [0.5, 0.6) is 0 Å². The number of benzene rings is 1. The Bertz CT molecular complexity index is 1520. The molecule has 2 saturated heterocycles. The van der Waals surface area contributed by atoms with Crippen LogP contribution in [0.25, 0.3) is 5.57 Å². The maximum Gasteiger partial charge on any atom is 0.311 e. The summed E-state index contributed by atoms with van der Waals surface area (Å²) >= 11 is 0. The van der Waals surface area contributed by atoms with Crippen molar-refractivity contribution in [2.24, 2.45) is 22.7 Å². The van der Waals surface area contributed by atoms with Gasteiger partial charge in [0.15, 0.2) is 6.29 Å². The Morgan fingerprint density at radius 2 is 1.79 bits per heavy atom. The lowest BCUT2D eigenvalue weighted by Crippen LogP contribution is -2.60. The highest BCUT2D eigenvalue weighted by Crippen LogP contribution is 2.37. The Hall–Kier alpha value is -2.04. The number of ether oxygens (including phenoxy) is 4. The van der Waals surface area contributed by atoms with Gasteiger partial charge in [0.05, 0.1) is 35.2 Å². The van der Waals surface area contributed by atoms with Crippen molar-refractivity contribution in [1.82, 2.24) is 15.1 Å². The molecule has 13 heteroatoms. The molecule has 3 aliphatic rings. The molecule has 56 heavy (non-hydrogen) atoms. The summed E-state index contributed by atoms with van der Waals surface area (Å²) in [7, 11) is 5.89. The van der Waals surface area contributed by atoms with Gasteiger partial charge in [-0.15, -0.1) is 0 Å². The number of carbonyl (C=O) groups excluding carboxylic acids is 1. The second-order valence-electron chi connectivity index (χ2n) is 17.7. The number of hydrogen-bond donors (Lipinski definition) is 5. The van der Waals surface area contributed by atoms with Crippen LogP contribution in [0.4, 0.5) is 0 Å². The largest absolute Gasteiger partial charge is 0.459 e. The number of nitrogens with one attached hydrogen (secondary N) is 1. The first-order valence-corrected chi connectivity index (χ1v) is 20.9. The molecule has 0 amide bonds. The van der Waals surface area contributed by atoms with Crippen LogP contribution < -0.4 is 15.9 Å². The third-order valence-electron chi connectivity index (χ3n) is 12.6. The molecule has 0 bridgehead atoms. The number of cyclic esters (lactones) is 1. The van der Waals surface area contributed by atoms with Crippen molar-refractivity contribution >= 4 is 11.5 Å². The van der Waals surface area contributed by atoms with Crippen LogP contribution in [0.15, 0.2) is 29.3 Å². The molecule has 5 N–H and O–H groups in total. The molecule has 2 fully saturated rings. The number of para-hydroxylation sites is 1. The molecule has 1 aromatic rings. The summed E-state index contributed by atoms with van der Waals surface area (Å²) in [5.41, 5.74) is -1.88. The minimum atomic E-state index is -1.75. The van der Waals surface area contributed by atoms with Gasteiger partial charge in [0, 0.05) is 49.5 Å². The van der Waals surface area contributed by atoms with Crippen molar-refractivity contribution in [1.29, 1.82) is 0 Å². The Labute approximate surface area is 335 Å². The van der Waals surface area contributed by atoms with Crippen molar-refractivity contribution in [2.45, 2.75) is 154 Å². The van der Waals surface area contributed by atoms with Gasteiger partial charge >= 0.3 is 5.97 Å². The average Bonchev–Trinajstić information content (AvgIpc) is 3.15. The number of aliphatic hydroxyl groups is 4. The van der Waals surface area contributed by atoms with Crippen molar-refractivity contribution in [2.75, 3.05) is 53.9 Å². The fourth-order valence-corrected chi connectivity index (χ4v) is 9.10. The Morgan fingerprint density at radius 3 is 2.46 bits per heavy atom. The van der Waals surface area contributed by atoms with Crippen molar-refractivity contribution in [3.05, 3.63) is 34.8 Å². The van der Waals surface area contributed by atoms with Gasteiger partial charge in [-0.1, -0.05) is 39.0 Å². The quantitative estimate of drug-likeness (QED) is 0.164. The third kappa shape index (κ3) is 11.4. The molecule has 14 atom stereocenters. The van der Waals surface area contributed by atoms with Gasteiger partial charge in [-0.25, -0.2) is 0 Å². The van der Waals surface area contributed by atoms with Crippen LogP contribution in [-0.2, 0) is 23.7 Å². The number of hydrogen-bond acceptors (Lipinski definition) is 13. The molecule has 1 unspecified atom stereocenters. The zero-order valence-corrected chi connectivity index (χ0v) is 36.0. The molecule has 320 valence electrons. The predicted molar refractivity (Wildman–Crippen MR) is 216 cm³/mol. The highest BCUT2D eigenvalue weighted by molar-refractivity contribution is 5.73. The molecule has 0 saturated carbocycles. The van der Waals surface area contributed by atoms with Gasteiger partial charge in [0.1, 0.15) is 23.9 Å². The van der Waals surface area contributed by atoms with E-state index in [1.165, 1.54) is 17.7 Å². The maximum absolute atomic E-state index is 13.6. The van der Waals surface area contributed by atoms with E-state index in [4.69, 9.17) is 18.9 Å². The monoisotopic (exact) mass is 791 g/mol. The van der Waals surface area contributed by atoms with Crippen LogP contribution in [0.3, 0.4) is 0 Å². The number of fused-ring (bicyclic) bond motifs is 1. The summed E-state index contributed by atoms with van der Waals surface area (Å²) in [5, 5.41) is 53.0. The molecule has 0 aliphatic carbocycles. The maximum atomic E-state index is 13.6. The van der Waals surface area contributed by atoms with E-state index in [-0.39, 0.29) is 30.9 Å². The highest BCUT2D eigenvalue weighted by atomic mass is 16.7. The zero-order valence-electron chi connectivity index (χ0n) is 36.0. The lowest BCUT2D eigenvalue weighted by molar-refractivity contribution is -0.306. The number of rotatable bonds is 11. The summed E-state index contributed by atoms with van der Waals surface area (Å²) < 4.78 is 25.8. The molecule has 0 aromatic heterocycles. The van der Waals surface area contributed by atoms with E-state index >= 15 is 0 Å². The average molecular weight is 791 g/mol. The van der Waals surface area contributed by atoms with E-state index in [1.54, 1.807) is 27.7 Å². The van der Waals surface area contributed by atoms with Gasteiger partial charge in [0.25, 0.3) is 0 Å². The zero-order chi connectivity index (χ0) is 41.5. The summed E-state index contributed by atoms with van der Waals surface area (Å²) in [5.74, 6) is -2.60. The van der Waals surface area contributed by atoms with Crippen LogP contribution in [-0.4, -0.2) is 156 Å². The SMILES string of the molecule is CC[C@H]1OC(=O)[C@H](C)[C@@H](O)[C@H](C)[C@@H](O[C@@H]2OC(C)C[C@H](N(C)C)[C@H]2OCCCNCC2=c3ccccc3=NCC2)[C@](C)(O)C[C@@H](C)CN(C)[C@H](C)[C@@H](O)[C@]1(C)O. The first-order valence-electron chi connectivity index (χ1n) is 20.9. The summed E-state index contributed by atoms with van der Waals surface area (Å²) in [6.45, 7) is 17.5. The second-order valence-corrected chi connectivity index (χ2v) is 17.7. The lowest BCUT2D eigenvalue weighted by Gasteiger charge is -2.48. The first kappa shape index (κ1) is 46.6. The van der Waals surface area contributed by atoms with Gasteiger partial charge < -0.3 is 54.5 Å². The van der Waals surface area contributed by atoms with E-state index in [9.17, 15) is 25.2 Å². The number of nitrogens with zero attached hydrogens (tertiary/aromatic N) is 3. The minimum absolute atomic E-state index is 0.0460. The second kappa shape index (κ2) is 20.3. The van der Waals surface area contributed by atoms with E-state index in [0.29, 0.717) is 13.2 Å². The number of likely N-dealkylation sites (N-methyl/N-ethyl adjacent to an activating group) is 2.